The van der Waals surface area contributed by atoms with Crippen molar-refractivity contribution in [1.82, 2.24) is 4.90 Å². The van der Waals surface area contributed by atoms with E-state index in [9.17, 15) is 24.6 Å². The number of hydrogen-bond donors (Lipinski definition) is 3. The molecule has 8 nitrogen and oxygen atoms in total. The van der Waals surface area contributed by atoms with Crippen LogP contribution in [0.3, 0.4) is 0 Å². The summed E-state index contributed by atoms with van der Waals surface area (Å²) in [5.74, 6) is -1.50. The molecule has 0 radical (unpaired) electrons. The van der Waals surface area contributed by atoms with Crippen LogP contribution in [0.15, 0.2) is 84.9 Å². The lowest BCUT2D eigenvalue weighted by Crippen LogP contribution is -2.44. The summed E-state index contributed by atoms with van der Waals surface area (Å²) >= 11 is 6.31. The Kier molecular flexibility index (Phi) is 8.77. The van der Waals surface area contributed by atoms with Crippen molar-refractivity contribution in [2.45, 2.75) is 44.4 Å². The minimum Gasteiger partial charge on any atom is -0.394 e. The van der Waals surface area contributed by atoms with Crippen LogP contribution in [0.5, 0.6) is 0 Å². The number of carbonyl (C=O) groups excluding carboxylic acids is 3. The highest BCUT2D eigenvalue weighted by atomic mass is 35.5. The van der Waals surface area contributed by atoms with E-state index >= 15 is 0 Å². The monoisotopic (exact) mass is 587 g/mol. The van der Waals surface area contributed by atoms with Gasteiger partial charge in [-0.1, -0.05) is 61.0 Å². The number of nitrogens with one attached hydrogen (secondary N) is 1. The molecule has 2 aliphatic heterocycles. The van der Waals surface area contributed by atoms with E-state index in [1.807, 2.05) is 12.1 Å². The zero-order valence-corrected chi connectivity index (χ0v) is 24.1. The van der Waals surface area contributed by atoms with Gasteiger partial charge in [-0.2, -0.15) is 0 Å². The summed E-state index contributed by atoms with van der Waals surface area (Å²) in [6, 6.07) is 21.0. The van der Waals surface area contributed by atoms with Crippen molar-refractivity contribution in [3.8, 4) is 0 Å². The second-order valence-electron chi connectivity index (χ2n) is 10.8. The van der Waals surface area contributed by atoms with Crippen LogP contribution in [0.1, 0.15) is 47.7 Å². The Labute approximate surface area is 250 Å². The van der Waals surface area contributed by atoms with E-state index in [2.05, 4.69) is 5.32 Å². The second kappa shape index (κ2) is 12.5. The summed E-state index contributed by atoms with van der Waals surface area (Å²) in [4.78, 5) is 42.5. The normalized spacial score (nSPS) is 20.7. The van der Waals surface area contributed by atoms with Gasteiger partial charge in [-0.05, 0) is 60.9 Å². The Balaban J connectivity index is 1.34. The number of halogens is 1. The third-order valence-electron chi connectivity index (χ3n) is 8.08. The maximum Gasteiger partial charge on any atom is 0.264 e. The van der Waals surface area contributed by atoms with Gasteiger partial charge in [-0.15, -0.1) is 0 Å². The molecular formula is C33H34ClN3O5. The molecule has 0 saturated carbocycles. The van der Waals surface area contributed by atoms with Gasteiger partial charge in [0.2, 0.25) is 5.91 Å². The number of aliphatic hydroxyl groups is 2. The van der Waals surface area contributed by atoms with Crippen LogP contribution in [0.4, 0.5) is 11.4 Å². The maximum atomic E-state index is 13.9. The van der Waals surface area contributed by atoms with Gasteiger partial charge < -0.3 is 25.3 Å². The first-order valence-corrected chi connectivity index (χ1v) is 14.5. The van der Waals surface area contributed by atoms with Gasteiger partial charge in [0.15, 0.2) is 5.60 Å². The second-order valence-corrected chi connectivity index (χ2v) is 11.3. The molecule has 218 valence electrons. The van der Waals surface area contributed by atoms with Crippen molar-refractivity contribution < 1.29 is 24.6 Å². The smallest absolute Gasteiger partial charge is 0.264 e. The number of aliphatic hydroxyl groups excluding tert-OH is 1. The molecule has 0 unspecified atom stereocenters. The Morgan fingerprint density at radius 3 is 2.67 bits per heavy atom. The van der Waals surface area contributed by atoms with Crippen LogP contribution >= 0.6 is 11.6 Å². The molecule has 5 rings (SSSR count). The molecule has 3 N–H and O–H groups in total. The number of hydrogen-bond acceptors (Lipinski definition) is 5. The first kappa shape index (κ1) is 29.5. The van der Waals surface area contributed by atoms with Crippen molar-refractivity contribution in [1.29, 1.82) is 0 Å². The predicted molar refractivity (Wildman–Crippen MR) is 162 cm³/mol. The summed E-state index contributed by atoms with van der Waals surface area (Å²) in [6.07, 6.45) is 5.12. The third kappa shape index (κ3) is 5.83. The Morgan fingerprint density at radius 2 is 1.90 bits per heavy atom. The van der Waals surface area contributed by atoms with Crippen molar-refractivity contribution in [3.63, 3.8) is 0 Å². The van der Waals surface area contributed by atoms with Crippen molar-refractivity contribution in [3.05, 3.63) is 107 Å². The number of rotatable bonds is 9. The van der Waals surface area contributed by atoms with Gasteiger partial charge in [0, 0.05) is 40.7 Å². The minimum absolute atomic E-state index is 0.0597. The lowest BCUT2D eigenvalue weighted by Gasteiger charge is -2.28. The summed E-state index contributed by atoms with van der Waals surface area (Å²) in [5.41, 5.74) is 0.937. The van der Waals surface area contributed by atoms with Crippen LogP contribution in [0.25, 0.3) is 0 Å². The number of benzene rings is 3. The standard InChI is InChI=1S/C33H34ClN3O5/c1-22(8-5-14-30(39)36-17-7-13-27(36)21-38)33(42)28-19-25(34)15-16-29(28)37(32(33)41)20-23-9-6-12-26(18-23)35-31(40)24-10-3-2-4-11-24/h2-6,8-12,15-16,18-19,22,27,38,42H,7,13-14,17,20-21H2,1H3,(H,35,40)/b8-5+/t22-,27+,33+/m1/s1. The molecule has 3 atom stereocenters. The quantitative estimate of drug-likeness (QED) is 0.309. The lowest BCUT2D eigenvalue weighted by atomic mass is 9.83. The molecular weight excluding hydrogens is 554 g/mol. The fraction of sp³-hybridized carbons (Fsp3) is 0.303. The molecule has 1 fully saturated rings. The SMILES string of the molecule is C[C@H](/C=C/CC(=O)N1CCC[C@H]1CO)[C@@]1(O)C(=O)N(Cc2cccc(NC(=O)c3ccccc3)c2)c2ccc(Cl)cc21. The molecule has 2 heterocycles. The molecule has 1 saturated heterocycles. The number of nitrogens with zero attached hydrogens (tertiary/aromatic N) is 2. The van der Waals surface area contributed by atoms with Crippen LogP contribution in [0.2, 0.25) is 5.02 Å². The van der Waals surface area contributed by atoms with Crippen LogP contribution in [-0.2, 0) is 21.7 Å². The predicted octanol–water partition coefficient (Wildman–Crippen LogP) is 4.89. The number of fused-ring (bicyclic) bond motifs is 1. The summed E-state index contributed by atoms with van der Waals surface area (Å²) in [7, 11) is 0. The number of anilines is 2. The van der Waals surface area contributed by atoms with Crippen LogP contribution in [-0.4, -0.2) is 52.0 Å². The number of likely N-dealkylation sites (tertiary alicyclic amines) is 1. The molecule has 0 aromatic heterocycles. The van der Waals surface area contributed by atoms with E-state index in [1.54, 1.807) is 84.6 Å². The average Bonchev–Trinajstić information content (AvgIpc) is 3.56. The zero-order valence-electron chi connectivity index (χ0n) is 23.4. The Hall–Kier alpha value is -3.98. The first-order valence-electron chi connectivity index (χ1n) is 14.1. The van der Waals surface area contributed by atoms with E-state index < -0.39 is 17.4 Å². The molecule has 0 bridgehead atoms. The molecule has 3 aromatic rings. The van der Waals surface area contributed by atoms with Crippen LogP contribution in [0, 0.1) is 5.92 Å². The van der Waals surface area contributed by atoms with Gasteiger partial charge in [0.05, 0.1) is 24.9 Å². The molecule has 9 heteroatoms. The Morgan fingerprint density at radius 1 is 1.12 bits per heavy atom. The highest BCUT2D eigenvalue weighted by Gasteiger charge is 2.52. The fourth-order valence-electron chi connectivity index (χ4n) is 5.78. The molecule has 0 spiro atoms. The van der Waals surface area contributed by atoms with E-state index in [0.717, 1.165) is 18.4 Å². The number of carbonyl (C=O) groups is 3. The highest BCUT2D eigenvalue weighted by Crippen LogP contribution is 2.46. The Bertz CT molecular complexity index is 1510. The molecule has 2 aliphatic rings. The van der Waals surface area contributed by atoms with Crippen molar-refractivity contribution >= 4 is 40.7 Å². The van der Waals surface area contributed by atoms with Gasteiger partial charge >= 0.3 is 0 Å². The van der Waals surface area contributed by atoms with Gasteiger partial charge in [0.1, 0.15) is 0 Å². The van der Waals surface area contributed by atoms with Crippen LogP contribution < -0.4 is 10.2 Å². The van der Waals surface area contributed by atoms with Gasteiger partial charge in [-0.25, -0.2) is 0 Å². The van der Waals surface area contributed by atoms with Crippen molar-refractivity contribution in [2.75, 3.05) is 23.4 Å². The van der Waals surface area contributed by atoms with E-state index in [0.29, 0.717) is 34.1 Å². The van der Waals surface area contributed by atoms with Crippen molar-refractivity contribution in [2.24, 2.45) is 5.92 Å². The molecule has 3 amide bonds. The van der Waals surface area contributed by atoms with Gasteiger partial charge in [0.25, 0.3) is 11.8 Å². The highest BCUT2D eigenvalue weighted by molar-refractivity contribution is 6.31. The minimum atomic E-state index is -1.89. The average molecular weight is 588 g/mol. The van der Waals surface area contributed by atoms with E-state index in [4.69, 9.17) is 11.6 Å². The summed E-state index contributed by atoms with van der Waals surface area (Å²) in [6.45, 7) is 2.46. The topological polar surface area (TPSA) is 110 Å². The maximum absolute atomic E-state index is 13.9. The lowest BCUT2D eigenvalue weighted by molar-refractivity contribution is -0.139. The number of amides is 3. The van der Waals surface area contributed by atoms with E-state index in [-0.39, 0.29) is 37.4 Å². The zero-order chi connectivity index (χ0) is 29.9. The van der Waals surface area contributed by atoms with Gasteiger partial charge in [-0.3, -0.25) is 14.4 Å². The molecule has 3 aromatic carbocycles. The molecule has 0 aliphatic carbocycles. The third-order valence-corrected chi connectivity index (χ3v) is 8.31. The fourth-order valence-corrected chi connectivity index (χ4v) is 5.95. The largest absolute Gasteiger partial charge is 0.394 e. The van der Waals surface area contributed by atoms with E-state index in [1.165, 1.54) is 4.90 Å². The molecule has 42 heavy (non-hydrogen) atoms. The summed E-state index contributed by atoms with van der Waals surface area (Å²) < 4.78 is 0. The summed E-state index contributed by atoms with van der Waals surface area (Å²) in [5, 5.41) is 24.7. The first-order chi connectivity index (χ1) is 20.2.